The average molecular weight is 590 g/mol. The molecule has 5 heteroatoms. The summed E-state index contributed by atoms with van der Waals surface area (Å²) >= 11 is 0. The van der Waals surface area contributed by atoms with Gasteiger partial charge >= 0.3 is 0 Å². The Bertz CT molecular complexity index is 2810. The van der Waals surface area contributed by atoms with Crippen LogP contribution < -0.4 is 0 Å². The Hall–Kier alpha value is -6.33. The Labute approximate surface area is 262 Å². The maximum atomic E-state index is 6.91. The van der Waals surface area contributed by atoms with E-state index in [1.54, 1.807) is 0 Å². The highest BCUT2D eigenvalue weighted by molar-refractivity contribution is 6.28. The van der Waals surface area contributed by atoms with Gasteiger partial charge in [0.1, 0.15) is 22.3 Å². The normalized spacial score (nSPS) is 11.9. The van der Waals surface area contributed by atoms with Gasteiger partial charge in [-0.3, -0.25) is 0 Å². The first-order valence-corrected chi connectivity index (χ1v) is 15.3. The van der Waals surface area contributed by atoms with E-state index < -0.39 is 0 Å². The first-order valence-electron chi connectivity index (χ1n) is 15.3. The maximum Gasteiger partial charge on any atom is 0.164 e. The highest BCUT2D eigenvalue weighted by atomic mass is 16.3. The molecule has 0 spiro atoms. The number of hydrogen-bond donors (Lipinski definition) is 0. The zero-order chi connectivity index (χ0) is 30.2. The van der Waals surface area contributed by atoms with Crippen molar-refractivity contribution in [1.82, 2.24) is 15.0 Å². The molecule has 5 nitrogen and oxygen atoms in total. The van der Waals surface area contributed by atoms with Gasteiger partial charge in [-0.15, -0.1) is 0 Å². The lowest BCUT2D eigenvalue weighted by Gasteiger charge is -2.10. The topological polar surface area (TPSA) is 65.0 Å². The molecule has 0 saturated heterocycles. The zero-order valence-electron chi connectivity index (χ0n) is 24.4. The third kappa shape index (κ3) is 3.72. The van der Waals surface area contributed by atoms with E-state index >= 15 is 0 Å². The van der Waals surface area contributed by atoms with Crippen molar-refractivity contribution in [2.45, 2.75) is 0 Å². The second kappa shape index (κ2) is 9.58. The summed E-state index contributed by atoms with van der Waals surface area (Å²) < 4.78 is 13.3. The molecule has 0 aliphatic heterocycles. The van der Waals surface area contributed by atoms with Crippen LogP contribution in [0.3, 0.4) is 0 Å². The predicted octanol–water partition coefficient (Wildman–Crippen LogP) is 11.0. The van der Waals surface area contributed by atoms with Crippen LogP contribution >= 0.6 is 0 Å². The van der Waals surface area contributed by atoms with E-state index in [9.17, 15) is 0 Å². The van der Waals surface area contributed by atoms with Crippen molar-refractivity contribution in [3.8, 4) is 34.2 Å². The lowest BCUT2D eigenvalue weighted by atomic mass is 10.0. The number of hydrogen-bond acceptors (Lipinski definition) is 5. The smallest absolute Gasteiger partial charge is 0.164 e. The molecule has 0 radical (unpaired) electrons. The van der Waals surface area contributed by atoms with Crippen LogP contribution in [-0.4, -0.2) is 15.0 Å². The molecule has 10 rings (SSSR count). The largest absolute Gasteiger partial charge is 0.456 e. The van der Waals surface area contributed by atoms with Gasteiger partial charge in [0.05, 0.1) is 5.39 Å². The molecule has 0 aliphatic rings. The fourth-order valence-electron chi connectivity index (χ4n) is 6.77. The third-order valence-electron chi connectivity index (χ3n) is 8.90. The van der Waals surface area contributed by atoms with Crippen LogP contribution in [0, 0.1) is 0 Å². The summed E-state index contributed by atoms with van der Waals surface area (Å²) in [7, 11) is 0. The van der Waals surface area contributed by atoms with Gasteiger partial charge in [0.15, 0.2) is 17.5 Å². The van der Waals surface area contributed by atoms with Crippen LogP contribution in [-0.2, 0) is 0 Å². The van der Waals surface area contributed by atoms with E-state index in [1.165, 1.54) is 0 Å². The van der Waals surface area contributed by atoms with Crippen LogP contribution in [0.4, 0.5) is 0 Å². The van der Waals surface area contributed by atoms with E-state index in [1.807, 2.05) is 66.7 Å². The summed E-state index contributed by atoms with van der Waals surface area (Å²) in [6, 6.07) is 47.4. The Morgan fingerprint density at radius 1 is 0.370 bits per heavy atom. The van der Waals surface area contributed by atoms with Crippen molar-refractivity contribution in [3.05, 3.63) is 140 Å². The summed E-state index contributed by atoms with van der Waals surface area (Å²) in [6.45, 7) is 0. The highest BCUT2D eigenvalue weighted by Crippen LogP contribution is 2.43. The molecule has 0 bridgehead atoms. The monoisotopic (exact) mass is 589 g/mol. The molecule has 0 aliphatic carbocycles. The molecule has 3 heterocycles. The quantitative estimate of drug-likeness (QED) is 0.205. The second-order valence-corrected chi connectivity index (χ2v) is 11.6. The second-order valence-electron chi connectivity index (χ2n) is 11.6. The lowest BCUT2D eigenvalue weighted by molar-refractivity contribution is 0.660. The molecular weight excluding hydrogens is 566 g/mol. The van der Waals surface area contributed by atoms with Gasteiger partial charge in [0.2, 0.25) is 0 Å². The predicted molar refractivity (Wildman–Crippen MR) is 186 cm³/mol. The van der Waals surface area contributed by atoms with Gasteiger partial charge < -0.3 is 8.83 Å². The summed E-state index contributed by atoms with van der Waals surface area (Å²) in [5, 5.41) is 8.45. The number of aromatic nitrogens is 3. The first kappa shape index (κ1) is 25.0. The number of nitrogens with zero attached hydrogens (tertiary/aromatic N) is 3. The number of rotatable bonds is 3. The number of fused-ring (bicyclic) bond motifs is 5. The highest BCUT2D eigenvalue weighted by Gasteiger charge is 2.20. The fraction of sp³-hybridized carbons (Fsp3) is 0. The van der Waals surface area contributed by atoms with Crippen LogP contribution in [0.25, 0.3) is 99.6 Å². The van der Waals surface area contributed by atoms with Gasteiger partial charge in [0, 0.05) is 32.8 Å². The fourth-order valence-corrected chi connectivity index (χ4v) is 6.77. The average Bonchev–Trinajstić information content (AvgIpc) is 3.42. The zero-order valence-corrected chi connectivity index (χ0v) is 24.4. The number of benzene rings is 7. The van der Waals surface area contributed by atoms with Gasteiger partial charge in [-0.05, 0) is 45.8 Å². The molecule has 0 unspecified atom stereocenters. The van der Waals surface area contributed by atoms with Gasteiger partial charge in [-0.1, -0.05) is 115 Å². The SMILES string of the molecule is c1ccc(-c2nc(-c3ccc4c(c3)oc3c5ccccc5cc5oc6cccc4c6c53)nc(-c3cccc4ccccc34)n2)cc1. The Morgan fingerprint density at radius 2 is 1.07 bits per heavy atom. The van der Waals surface area contributed by atoms with Gasteiger partial charge in [0.25, 0.3) is 0 Å². The minimum atomic E-state index is 0.579. The van der Waals surface area contributed by atoms with E-state index in [4.69, 9.17) is 23.8 Å². The van der Waals surface area contributed by atoms with Gasteiger partial charge in [-0.2, -0.15) is 0 Å². The van der Waals surface area contributed by atoms with Crippen molar-refractivity contribution in [2.24, 2.45) is 0 Å². The standard InChI is InChI=1S/C41H23N3O2/c1-2-11-25(12-3-1)39-42-40(44-41(43-39)32-18-8-14-24-10-4-6-15-28(24)32)27-20-21-30-31-17-9-19-33-36(31)37-35(45-33)22-26-13-5-7-16-29(26)38(37)46-34(30)23-27/h1-23H. The van der Waals surface area contributed by atoms with E-state index in [0.717, 1.165) is 82.1 Å². The molecule has 0 amide bonds. The van der Waals surface area contributed by atoms with Crippen molar-refractivity contribution in [2.75, 3.05) is 0 Å². The molecule has 7 aromatic carbocycles. The van der Waals surface area contributed by atoms with Crippen molar-refractivity contribution in [1.29, 1.82) is 0 Å². The third-order valence-corrected chi connectivity index (χ3v) is 8.90. The van der Waals surface area contributed by atoms with Crippen LogP contribution in [0.15, 0.2) is 148 Å². The summed E-state index contributed by atoms with van der Waals surface area (Å²) in [5.41, 5.74) is 5.93. The minimum absolute atomic E-state index is 0.579. The molecule has 10 aromatic rings. The summed E-state index contributed by atoms with van der Waals surface area (Å²) in [5.74, 6) is 1.82. The molecule has 3 aromatic heterocycles. The maximum absolute atomic E-state index is 6.91. The van der Waals surface area contributed by atoms with Crippen LogP contribution in [0.2, 0.25) is 0 Å². The summed E-state index contributed by atoms with van der Waals surface area (Å²) in [6.07, 6.45) is 0. The molecular formula is C41H23N3O2. The van der Waals surface area contributed by atoms with Crippen LogP contribution in [0.1, 0.15) is 0 Å². The van der Waals surface area contributed by atoms with E-state index in [2.05, 4.69) is 72.8 Å². The Morgan fingerprint density at radius 3 is 1.96 bits per heavy atom. The minimum Gasteiger partial charge on any atom is -0.456 e. The molecule has 0 saturated carbocycles. The first-order chi connectivity index (χ1) is 22.8. The molecule has 214 valence electrons. The molecule has 0 atom stereocenters. The van der Waals surface area contributed by atoms with Gasteiger partial charge in [-0.25, -0.2) is 15.0 Å². The van der Waals surface area contributed by atoms with Crippen molar-refractivity contribution >= 4 is 65.4 Å². The summed E-state index contributed by atoms with van der Waals surface area (Å²) in [4.78, 5) is 15.1. The molecule has 0 fully saturated rings. The lowest BCUT2D eigenvalue weighted by Crippen LogP contribution is -2.00. The van der Waals surface area contributed by atoms with Crippen molar-refractivity contribution in [3.63, 3.8) is 0 Å². The van der Waals surface area contributed by atoms with E-state index in [-0.39, 0.29) is 0 Å². The van der Waals surface area contributed by atoms with Crippen molar-refractivity contribution < 1.29 is 8.83 Å². The molecule has 0 N–H and O–H groups in total. The van der Waals surface area contributed by atoms with Crippen LogP contribution in [0.5, 0.6) is 0 Å². The Kier molecular flexibility index (Phi) is 5.22. The Balaban J connectivity index is 1.28. The van der Waals surface area contributed by atoms with E-state index in [0.29, 0.717) is 17.5 Å². The molecule has 46 heavy (non-hydrogen) atoms. The number of furan rings is 1.